The van der Waals surface area contributed by atoms with Gasteiger partial charge in [0.2, 0.25) is 0 Å². The minimum atomic E-state index is 0.0178. The van der Waals surface area contributed by atoms with Crippen molar-refractivity contribution in [3.63, 3.8) is 0 Å². The average molecular weight is 1970 g/mol. The zero-order valence-corrected chi connectivity index (χ0v) is 97.7. The second kappa shape index (κ2) is 56.0. The summed E-state index contributed by atoms with van der Waals surface area (Å²) in [7, 11) is 5.88. The summed E-state index contributed by atoms with van der Waals surface area (Å²) in [4.78, 5) is 33.6. The molecule has 0 atom stereocenters. The fraction of sp³-hybridized carbons (Fsp3) is 0.552. The van der Waals surface area contributed by atoms with Gasteiger partial charge in [0.25, 0.3) is 0 Å². The minimum Gasteiger partial charge on any atom is -0.472 e. The van der Waals surface area contributed by atoms with Gasteiger partial charge in [-0.05, 0) is 193 Å². The lowest BCUT2D eigenvalue weighted by Crippen LogP contribution is -2.15. The van der Waals surface area contributed by atoms with Crippen LogP contribution in [0.15, 0.2) is 211 Å². The van der Waals surface area contributed by atoms with Crippen LogP contribution < -0.4 is 5.73 Å². The number of aliphatic hydroxyl groups excluding tert-OH is 1. The van der Waals surface area contributed by atoms with Crippen LogP contribution in [0.3, 0.4) is 0 Å². The van der Waals surface area contributed by atoms with Gasteiger partial charge in [-0.15, -0.1) is 16.4 Å². The number of oxazole rings is 1. The number of furan rings is 1. The molecule has 0 spiro atoms. The van der Waals surface area contributed by atoms with E-state index in [1.54, 1.807) is 72.0 Å². The van der Waals surface area contributed by atoms with Crippen LogP contribution in [0.25, 0.3) is 0 Å². The van der Waals surface area contributed by atoms with Crippen LogP contribution in [-0.2, 0) is 104 Å². The Kier molecular flexibility index (Phi) is 50.8. The molecule has 0 aliphatic heterocycles. The van der Waals surface area contributed by atoms with Gasteiger partial charge in [0, 0.05) is 132 Å². The van der Waals surface area contributed by atoms with Crippen molar-refractivity contribution in [2.45, 2.75) is 401 Å². The summed E-state index contributed by atoms with van der Waals surface area (Å²) < 4.78 is 20.4. The molecule has 14 heterocycles. The van der Waals surface area contributed by atoms with E-state index in [9.17, 15) is 0 Å². The van der Waals surface area contributed by atoms with Crippen molar-refractivity contribution < 1.29 is 18.5 Å². The Morgan fingerprint density at radius 1 is 0.401 bits per heavy atom. The van der Waals surface area contributed by atoms with Crippen molar-refractivity contribution in [2.24, 2.45) is 21.1 Å². The fourth-order valence-corrected chi connectivity index (χ4v) is 12.5. The lowest BCUT2D eigenvalue weighted by atomic mass is 9.87. The van der Waals surface area contributed by atoms with Gasteiger partial charge in [-0.3, -0.25) is 29.3 Å². The van der Waals surface area contributed by atoms with E-state index >= 15 is 0 Å². The number of H-pyrrole nitrogens is 1. The van der Waals surface area contributed by atoms with E-state index < -0.39 is 0 Å². The van der Waals surface area contributed by atoms with E-state index in [1.165, 1.54) is 67.2 Å². The van der Waals surface area contributed by atoms with Gasteiger partial charge in [0.1, 0.15) is 17.8 Å². The summed E-state index contributed by atoms with van der Waals surface area (Å²) in [5.74, 6) is 1.53. The Morgan fingerprint density at radius 3 is 1.18 bits per heavy atom. The normalized spacial score (nSPS) is 11.8. The monoisotopic (exact) mass is 1970 g/mol. The van der Waals surface area contributed by atoms with Gasteiger partial charge in [0.05, 0.1) is 84.2 Å². The van der Waals surface area contributed by atoms with Crippen molar-refractivity contribution in [3.8, 4) is 0 Å². The Morgan fingerprint density at radius 2 is 0.915 bits per heavy atom. The Balaban J connectivity index is 0.000000765. The summed E-state index contributed by atoms with van der Waals surface area (Å²) in [6.45, 7) is 98.9. The van der Waals surface area contributed by atoms with Crippen molar-refractivity contribution in [1.82, 2.24) is 100.0 Å². The molecule has 784 valence electrons. The molecule has 0 amide bonds. The number of aromatic amines is 1. The molecule has 4 N–H and O–H groups in total. The topological polar surface area (TPSA) is 322 Å². The van der Waals surface area contributed by atoms with Crippen LogP contribution in [-0.4, -0.2) is 105 Å². The molecule has 0 fully saturated rings. The summed E-state index contributed by atoms with van der Waals surface area (Å²) in [6.07, 6.45) is 36.1. The zero-order chi connectivity index (χ0) is 109. The molecule has 25 nitrogen and oxygen atoms in total. The highest BCUT2D eigenvalue weighted by molar-refractivity contribution is 7.11. The second-order valence-electron chi connectivity index (χ2n) is 49.7. The molecule has 0 aliphatic carbocycles. The van der Waals surface area contributed by atoms with Gasteiger partial charge in [-0.2, -0.15) is 30.7 Å². The number of rotatable bonds is 1. The molecule has 142 heavy (non-hydrogen) atoms. The predicted molar refractivity (Wildman–Crippen MR) is 592 cm³/mol. The van der Waals surface area contributed by atoms with Gasteiger partial charge in [-0.25, -0.2) is 19.9 Å². The number of hydrogen-bond acceptors (Lipinski definition) is 22. The van der Waals surface area contributed by atoms with Gasteiger partial charge < -0.3 is 28.8 Å². The Hall–Kier alpha value is -11.4. The Bertz CT molecular complexity index is 5280. The van der Waals surface area contributed by atoms with Gasteiger partial charge in [-0.1, -0.05) is 307 Å². The Labute approximate surface area is 861 Å². The summed E-state index contributed by atoms with van der Waals surface area (Å²) in [5, 5.41) is 43.7. The first kappa shape index (κ1) is 129. The lowest BCUT2D eigenvalue weighted by molar-refractivity contribution is 0.276. The fourth-order valence-electron chi connectivity index (χ4n) is 11.6. The number of aromatic nitrogens is 20. The number of thiazole rings is 1. The predicted octanol–water partition coefficient (Wildman–Crippen LogP) is 28.6. The van der Waals surface area contributed by atoms with Crippen molar-refractivity contribution in [3.05, 3.63) is 303 Å². The molecule has 0 saturated heterocycles. The number of nitrogens with two attached hydrogens (primary N) is 1. The molecule has 0 aliphatic rings. The van der Waals surface area contributed by atoms with Crippen LogP contribution in [0.5, 0.6) is 0 Å². The molecule has 0 bridgehead atoms. The van der Waals surface area contributed by atoms with Crippen molar-refractivity contribution >= 4 is 17.2 Å². The molecule has 0 unspecified atom stereocenters. The third kappa shape index (κ3) is 52.6. The van der Waals surface area contributed by atoms with E-state index in [1.807, 2.05) is 145 Å². The van der Waals surface area contributed by atoms with Crippen LogP contribution in [0.4, 0.5) is 5.82 Å². The smallest absolute Gasteiger partial charge is 0.180 e. The van der Waals surface area contributed by atoms with E-state index in [-0.39, 0.29) is 82.4 Å². The van der Waals surface area contributed by atoms with Crippen LogP contribution in [0.2, 0.25) is 0 Å². The highest BCUT2D eigenvalue weighted by Gasteiger charge is 2.25. The van der Waals surface area contributed by atoms with E-state index in [2.05, 4.69) is 425 Å². The number of nitrogen functional groups attached to an aromatic ring is 1. The van der Waals surface area contributed by atoms with Gasteiger partial charge in [0.15, 0.2) is 6.39 Å². The quantitative estimate of drug-likeness (QED) is 0.137. The molecule has 14 aromatic rings. The van der Waals surface area contributed by atoms with E-state index in [0.29, 0.717) is 5.82 Å². The number of nitrogens with zero attached hydrogens (tertiary/aromatic N) is 19. The number of nitrogens with one attached hydrogen (secondary N) is 1. The standard InChI is InChI=1S/C10H15NO.C10H15N.C9H16N2.2C9H14N2.2C9H13N.C8H14N2.C8H13NS.C8H12O.C7H13N3.2C7H11NO.C6H11N3/c1-10(2,3)8-4-5-11-9(6-8)7-12;1-8-7-9(5-6-11-8)10(2,3)4;1-7-8(9(2,3)4)6-10-11(7)5;1-7-5-8(6-10-11-7)9(2,3)4;1-9(2,3)7-4-5-11-8(10)6-7;1-9(2,3)8-4-6-10-7-5-8;1-9(2,3)8-5-4-6-10-7-8;1-8(2,3)7-5-9-6-10(7)4;1-6-9-5-7(10-6)8(2,3)4;1-8(2,3)7-4-5-9-6-7;1-7(2,3)6-5-10(4)9-8-6;1-7(2,3)6-4-8-5-9-6;1-7(2,3)6-4-8-9-5-6;1-6(2,3)5-4-7-9-8-5/h4-6,12H,7H2,1-3H3;5-7H,1-4H3;6H,1-5H3;5-6H,1-4H3;4-6H,1-3H3,(H2,10,11);2*4-7H,1-3H3;5-6H,1-4H3;5H,1-4H3;4-6H,1-3H3;5H,1-4H3;2*4-5H,1-3H3;4H,1-3H3,(H,7,8,9). The highest BCUT2D eigenvalue weighted by atomic mass is 32.1. The number of pyridine rings is 5. The SMILES string of the molecule is CC(C)(C)c1cccnc1.CC(C)(C)c1ccnc(CO)c1.CC(C)(C)c1ccnc(N)c1.CC(C)(C)c1ccncc1.CC(C)(C)c1ccoc1.CC(C)(C)c1cn[nH]n1.CC(C)(C)c1cnco1.CC(C)(C)c1cnoc1.Cc1c(C(C)(C)C)cnn1C.Cc1cc(C(C)(C)C)ccn1.Cc1cc(C(C)(C)C)cnn1.Cc1ncc(C(C)(C)C)s1.Cn1cc(C(C)(C)C)nn1.Cn1cncc1C(C)(C)C. The molecular formula is C116H185N21O4S. The van der Waals surface area contributed by atoms with E-state index in [0.717, 1.165) is 44.8 Å². The third-order valence-corrected chi connectivity index (χ3v) is 22.7. The van der Waals surface area contributed by atoms with Crippen LogP contribution in [0.1, 0.15) is 396 Å². The van der Waals surface area contributed by atoms with Crippen LogP contribution >= 0.6 is 11.3 Å². The maximum atomic E-state index is 8.87. The number of aliphatic hydroxyl groups is 1. The zero-order valence-electron chi connectivity index (χ0n) is 96.8. The largest absolute Gasteiger partial charge is 0.472 e. The first-order valence-electron chi connectivity index (χ1n) is 48.9. The lowest BCUT2D eigenvalue weighted by Gasteiger charge is -2.18. The number of anilines is 1. The first-order chi connectivity index (χ1) is 64.6. The van der Waals surface area contributed by atoms with Gasteiger partial charge >= 0.3 is 0 Å². The summed E-state index contributed by atoms with van der Waals surface area (Å²) in [5.41, 5.74) is 26.9. The van der Waals surface area contributed by atoms with Crippen molar-refractivity contribution in [2.75, 3.05) is 5.73 Å². The summed E-state index contributed by atoms with van der Waals surface area (Å²) >= 11 is 1.78. The summed E-state index contributed by atoms with van der Waals surface area (Å²) in [6, 6.07) is 24.3. The molecular weight excluding hydrogens is 1780 g/mol. The first-order valence-corrected chi connectivity index (χ1v) is 49.7. The molecule has 26 heteroatoms. The maximum Gasteiger partial charge on any atom is 0.180 e. The molecule has 14 rings (SSSR count). The molecule has 0 saturated carbocycles. The van der Waals surface area contributed by atoms with Crippen LogP contribution in [0, 0.1) is 27.7 Å². The number of imidazole rings is 1. The molecule has 14 aromatic heterocycles. The van der Waals surface area contributed by atoms with E-state index in [4.69, 9.17) is 24.2 Å². The molecule has 0 radical (unpaired) electrons. The van der Waals surface area contributed by atoms with Crippen molar-refractivity contribution in [1.29, 1.82) is 0 Å². The number of hydrogen-bond donors (Lipinski definition) is 3. The second-order valence-corrected chi connectivity index (χ2v) is 51.0. The number of aryl methyl sites for hydroxylation is 6. The minimum absolute atomic E-state index is 0.0178. The third-order valence-electron chi connectivity index (χ3n) is 21.4. The highest BCUT2D eigenvalue weighted by Crippen LogP contribution is 2.32. The maximum absolute atomic E-state index is 8.87. The average Bonchev–Trinajstić information content (AvgIpc) is 1.76. The molecule has 0 aromatic carbocycles.